The van der Waals surface area contributed by atoms with Gasteiger partial charge in [-0.25, -0.2) is 4.79 Å². The smallest absolute Gasteiger partial charge is 0.319 e. The van der Waals surface area contributed by atoms with Crippen molar-refractivity contribution in [3.05, 3.63) is 59.4 Å². The third kappa shape index (κ3) is 4.48. The van der Waals surface area contributed by atoms with E-state index in [0.717, 1.165) is 5.56 Å². The highest BCUT2D eigenvalue weighted by Crippen LogP contribution is 2.22. The van der Waals surface area contributed by atoms with Gasteiger partial charge in [-0.3, -0.25) is 0 Å². The summed E-state index contributed by atoms with van der Waals surface area (Å²) in [7, 11) is 1.58. The average Bonchev–Trinajstić information content (AvgIpc) is 3.09. The Morgan fingerprint density at radius 3 is 2.84 bits per heavy atom. The number of aromatic nitrogens is 2. The Morgan fingerprint density at radius 2 is 2.04 bits per heavy atom. The Morgan fingerprint density at radius 1 is 1.20 bits per heavy atom. The van der Waals surface area contributed by atoms with Crippen LogP contribution in [-0.4, -0.2) is 23.3 Å². The summed E-state index contributed by atoms with van der Waals surface area (Å²) in [5.41, 5.74) is 1.33. The van der Waals surface area contributed by atoms with Gasteiger partial charge in [0.2, 0.25) is 11.8 Å². The number of hydrogen-bond donors (Lipinski definition) is 2. The number of amides is 2. The quantitative estimate of drug-likeness (QED) is 0.725. The van der Waals surface area contributed by atoms with Crippen molar-refractivity contribution in [2.45, 2.75) is 6.54 Å². The minimum Gasteiger partial charge on any atom is -0.497 e. The second-order valence-electron chi connectivity index (χ2n) is 5.05. The first-order valence-electron chi connectivity index (χ1n) is 7.41. The molecule has 0 radical (unpaired) electrons. The molecule has 3 rings (SSSR count). The average molecular weight is 359 g/mol. The van der Waals surface area contributed by atoms with Crippen LogP contribution in [0.3, 0.4) is 0 Å². The van der Waals surface area contributed by atoms with Crippen molar-refractivity contribution in [2.75, 3.05) is 12.4 Å². The summed E-state index contributed by atoms with van der Waals surface area (Å²) < 4.78 is 10.7. The van der Waals surface area contributed by atoms with Gasteiger partial charge in [0.05, 0.1) is 13.7 Å². The molecule has 3 aromatic rings. The van der Waals surface area contributed by atoms with Gasteiger partial charge in [-0.2, -0.15) is 0 Å². The van der Waals surface area contributed by atoms with E-state index in [0.29, 0.717) is 28.2 Å². The number of urea groups is 1. The number of anilines is 1. The summed E-state index contributed by atoms with van der Waals surface area (Å²) in [5, 5.41) is 13.7. The van der Waals surface area contributed by atoms with E-state index in [-0.39, 0.29) is 6.54 Å². The first-order valence-corrected chi connectivity index (χ1v) is 7.79. The van der Waals surface area contributed by atoms with Crippen molar-refractivity contribution in [1.29, 1.82) is 0 Å². The second kappa shape index (κ2) is 7.67. The lowest BCUT2D eigenvalue weighted by Crippen LogP contribution is -2.28. The number of benzene rings is 2. The van der Waals surface area contributed by atoms with Crippen LogP contribution in [0.25, 0.3) is 11.5 Å². The molecule has 0 bridgehead atoms. The van der Waals surface area contributed by atoms with Gasteiger partial charge in [-0.1, -0.05) is 23.7 Å². The molecule has 0 saturated heterocycles. The number of carbonyl (C=O) groups is 1. The number of rotatable bonds is 5. The zero-order chi connectivity index (χ0) is 17.6. The molecule has 0 aliphatic heterocycles. The van der Waals surface area contributed by atoms with Gasteiger partial charge >= 0.3 is 6.03 Å². The molecule has 0 unspecified atom stereocenters. The van der Waals surface area contributed by atoms with Gasteiger partial charge in [-0.15, -0.1) is 10.2 Å². The SMILES string of the molecule is COc1cccc(-c2nnc(CNC(=O)Nc3cccc(Cl)c3)o2)c1. The van der Waals surface area contributed by atoms with E-state index >= 15 is 0 Å². The molecule has 8 heteroatoms. The summed E-state index contributed by atoms with van der Waals surface area (Å²) in [6.45, 7) is 0.101. The van der Waals surface area contributed by atoms with E-state index < -0.39 is 6.03 Å². The van der Waals surface area contributed by atoms with E-state index in [1.54, 1.807) is 37.4 Å². The van der Waals surface area contributed by atoms with Crippen LogP contribution >= 0.6 is 11.6 Å². The topological polar surface area (TPSA) is 89.3 Å². The molecule has 0 aliphatic rings. The van der Waals surface area contributed by atoms with Crippen LogP contribution in [0.15, 0.2) is 52.9 Å². The molecule has 0 saturated carbocycles. The van der Waals surface area contributed by atoms with Crippen molar-refractivity contribution in [1.82, 2.24) is 15.5 Å². The number of nitrogens with zero attached hydrogens (tertiary/aromatic N) is 2. The lowest BCUT2D eigenvalue weighted by molar-refractivity contribution is 0.250. The molecule has 1 aromatic heterocycles. The predicted molar refractivity (Wildman–Crippen MR) is 93.6 cm³/mol. The molecular weight excluding hydrogens is 344 g/mol. The number of methoxy groups -OCH3 is 1. The molecule has 2 N–H and O–H groups in total. The van der Waals surface area contributed by atoms with Crippen molar-refractivity contribution >= 4 is 23.3 Å². The van der Waals surface area contributed by atoms with Crippen molar-refractivity contribution in [2.24, 2.45) is 0 Å². The molecule has 2 amide bonds. The van der Waals surface area contributed by atoms with E-state index in [1.807, 2.05) is 18.2 Å². The molecule has 0 fully saturated rings. The van der Waals surface area contributed by atoms with E-state index in [1.165, 1.54) is 0 Å². The zero-order valence-corrected chi connectivity index (χ0v) is 14.1. The summed E-state index contributed by atoms with van der Waals surface area (Å²) in [6, 6.07) is 13.7. The van der Waals surface area contributed by atoms with E-state index in [2.05, 4.69) is 20.8 Å². The lowest BCUT2D eigenvalue weighted by Gasteiger charge is -2.06. The van der Waals surface area contributed by atoms with Gasteiger partial charge in [0, 0.05) is 16.3 Å². The van der Waals surface area contributed by atoms with Crippen LogP contribution in [0.5, 0.6) is 5.75 Å². The molecule has 0 atom stereocenters. The van der Waals surface area contributed by atoms with Gasteiger partial charge in [-0.05, 0) is 36.4 Å². The Kier molecular flexibility index (Phi) is 5.15. The summed E-state index contributed by atoms with van der Waals surface area (Å²) in [4.78, 5) is 11.9. The number of nitrogens with one attached hydrogen (secondary N) is 2. The third-order valence-electron chi connectivity index (χ3n) is 3.27. The normalized spacial score (nSPS) is 10.3. The monoisotopic (exact) mass is 358 g/mol. The Labute approximate surface area is 149 Å². The fraction of sp³-hybridized carbons (Fsp3) is 0.118. The number of hydrogen-bond acceptors (Lipinski definition) is 5. The Bertz CT molecular complexity index is 882. The van der Waals surface area contributed by atoms with E-state index in [9.17, 15) is 4.79 Å². The minimum absolute atomic E-state index is 0.101. The van der Waals surface area contributed by atoms with Crippen LogP contribution in [0.1, 0.15) is 5.89 Å². The van der Waals surface area contributed by atoms with Crippen LogP contribution in [0.2, 0.25) is 5.02 Å². The summed E-state index contributed by atoms with van der Waals surface area (Å²) in [5.74, 6) is 1.33. The summed E-state index contributed by atoms with van der Waals surface area (Å²) >= 11 is 5.87. The highest BCUT2D eigenvalue weighted by Gasteiger charge is 2.10. The Hall–Kier alpha value is -3.06. The fourth-order valence-corrected chi connectivity index (χ4v) is 2.29. The molecular formula is C17H15ClN4O3. The lowest BCUT2D eigenvalue weighted by atomic mass is 10.2. The maximum Gasteiger partial charge on any atom is 0.319 e. The van der Waals surface area contributed by atoms with Crippen molar-refractivity contribution < 1.29 is 13.9 Å². The molecule has 0 aliphatic carbocycles. The molecule has 7 nitrogen and oxygen atoms in total. The fourth-order valence-electron chi connectivity index (χ4n) is 2.10. The maximum atomic E-state index is 11.9. The van der Waals surface area contributed by atoms with Crippen LogP contribution in [0, 0.1) is 0 Å². The zero-order valence-electron chi connectivity index (χ0n) is 13.3. The first-order chi connectivity index (χ1) is 12.1. The number of halogens is 1. The third-order valence-corrected chi connectivity index (χ3v) is 3.50. The van der Waals surface area contributed by atoms with Gasteiger partial charge in [0.1, 0.15) is 5.75 Å². The first kappa shape index (κ1) is 16.8. The standard InChI is InChI=1S/C17H15ClN4O3/c1-24-14-7-2-4-11(8-14)16-22-21-15(25-16)10-19-17(23)20-13-6-3-5-12(18)9-13/h2-9H,10H2,1H3,(H2,19,20,23). The van der Waals surface area contributed by atoms with Gasteiger partial charge < -0.3 is 19.8 Å². The summed E-state index contributed by atoms with van der Waals surface area (Å²) in [6.07, 6.45) is 0. The van der Waals surface area contributed by atoms with Crippen LogP contribution in [0.4, 0.5) is 10.5 Å². The van der Waals surface area contributed by atoms with Gasteiger partial charge in [0.15, 0.2) is 0 Å². The largest absolute Gasteiger partial charge is 0.497 e. The highest BCUT2D eigenvalue weighted by molar-refractivity contribution is 6.30. The van der Waals surface area contributed by atoms with Crippen LogP contribution < -0.4 is 15.4 Å². The number of ether oxygens (including phenoxy) is 1. The maximum absolute atomic E-state index is 11.9. The Balaban J connectivity index is 1.59. The molecule has 0 spiro atoms. The predicted octanol–water partition coefficient (Wildman–Crippen LogP) is 3.72. The van der Waals surface area contributed by atoms with Crippen LogP contribution in [-0.2, 0) is 6.54 Å². The minimum atomic E-state index is -0.400. The van der Waals surface area contributed by atoms with Crippen molar-refractivity contribution in [3.63, 3.8) is 0 Å². The second-order valence-corrected chi connectivity index (χ2v) is 5.49. The number of carbonyl (C=O) groups excluding carboxylic acids is 1. The molecule has 128 valence electrons. The van der Waals surface area contributed by atoms with Crippen molar-refractivity contribution in [3.8, 4) is 17.2 Å². The highest BCUT2D eigenvalue weighted by atomic mass is 35.5. The van der Waals surface area contributed by atoms with Gasteiger partial charge in [0.25, 0.3) is 0 Å². The molecule has 25 heavy (non-hydrogen) atoms. The molecule has 1 heterocycles. The molecule has 2 aromatic carbocycles. The van der Waals surface area contributed by atoms with E-state index in [4.69, 9.17) is 20.8 Å².